The number of fused-ring (bicyclic) bond motifs is 2. The Morgan fingerprint density at radius 2 is 2.00 bits per heavy atom. The summed E-state index contributed by atoms with van der Waals surface area (Å²) in [6, 6.07) is 3.47. The van der Waals surface area contributed by atoms with Crippen LogP contribution in [0.25, 0.3) is 0 Å². The van der Waals surface area contributed by atoms with Crippen LogP contribution in [0, 0.1) is 23.7 Å². The van der Waals surface area contributed by atoms with E-state index in [1.54, 1.807) is 24.5 Å². The molecule has 1 fully saturated rings. The minimum Gasteiger partial charge on any atom is -0.481 e. The molecule has 5 nitrogen and oxygen atoms in total. The number of hydrogen-bond acceptors (Lipinski definition) is 3. The third-order valence-corrected chi connectivity index (χ3v) is 3.98. The molecule has 0 aromatic carbocycles. The second-order valence-corrected chi connectivity index (χ2v) is 5.07. The van der Waals surface area contributed by atoms with Crippen molar-refractivity contribution in [1.29, 1.82) is 0 Å². The minimum absolute atomic E-state index is 0.00727. The Morgan fingerprint density at radius 1 is 1.26 bits per heavy atom. The number of aromatic nitrogens is 1. The van der Waals surface area contributed by atoms with Crippen LogP contribution in [0.1, 0.15) is 6.42 Å². The van der Waals surface area contributed by atoms with Crippen LogP contribution < -0.4 is 5.32 Å². The number of carbonyl (C=O) groups is 2. The standard InChI is InChI=1S/C14H14N2O3/c17-13(16-10-2-1-5-15-7-10)11-8-3-4-9(6-8)12(11)14(18)19/h1-5,7-9,11-12H,6H2,(H,16,17)(H,18,19)/t8-,9+,11+,12-/m0/s1. The van der Waals surface area contributed by atoms with Crippen LogP contribution in [-0.4, -0.2) is 22.0 Å². The van der Waals surface area contributed by atoms with Gasteiger partial charge in [0.2, 0.25) is 5.91 Å². The molecule has 2 N–H and O–H groups in total. The fraction of sp³-hybridized carbons (Fsp3) is 0.357. The summed E-state index contributed by atoms with van der Waals surface area (Å²) < 4.78 is 0. The molecule has 1 saturated carbocycles. The van der Waals surface area contributed by atoms with E-state index in [0.717, 1.165) is 6.42 Å². The van der Waals surface area contributed by atoms with Gasteiger partial charge in [-0.25, -0.2) is 0 Å². The largest absolute Gasteiger partial charge is 0.481 e. The van der Waals surface area contributed by atoms with E-state index < -0.39 is 17.8 Å². The van der Waals surface area contributed by atoms with Crippen LogP contribution in [0.4, 0.5) is 5.69 Å². The van der Waals surface area contributed by atoms with Crippen LogP contribution in [0.2, 0.25) is 0 Å². The Balaban J connectivity index is 1.79. The highest BCUT2D eigenvalue weighted by Gasteiger charge is 2.51. The van der Waals surface area contributed by atoms with Gasteiger partial charge in [-0.3, -0.25) is 14.6 Å². The van der Waals surface area contributed by atoms with Crippen LogP contribution in [0.15, 0.2) is 36.7 Å². The summed E-state index contributed by atoms with van der Waals surface area (Å²) >= 11 is 0. The second-order valence-electron chi connectivity index (χ2n) is 5.07. The van der Waals surface area contributed by atoms with E-state index in [1.807, 2.05) is 12.2 Å². The summed E-state index contributed by atoms with van der Waals surface area (Å²) in [7, 11) is 0. The summed E-state index contributed by atoms with van der Waals surface area (Å²) in [4.78, 5) is 27.5. The number of allylic oxidation sites excluding steroid dienone is 2. The monoisotopic (exact) mass is 258 g/mol. The molecule has 1 heterocycles. The molecule has 4 atom stereocenters. The Morgan fingerprint density at radius 3 is 2.63 bits per heavy atom. The molecule has 2 aliphatic carbocycles. The topological polar surface area (TPSA) is 79.3 Å². The van der Waals surface area contributed by atoms with Gasteiger partial charge in [-0.1, -0.05) is 12.2 Å². The van der Waals surface area contributed by atoms with Crippen molar-refractivity contribution in [2.24, 2.45) is 23.7 Å². The quantitative estimate of drug-likeness (QED) is 0.806. The lowest BCUT2D eigenvalue weighted by molar-refractivity contribution is -0.146. The lowest BCUT2D eigenvalue weighted by atomic mass is 9.82. The normalized spacial score (nSPS) is 31.4. The van der Waals surface area contributed by atoms with Crippen LogP contribution in [0.5, 0.6) is 0 Å². The molecule has 98 valence electrons. The van der Waals surface area contributed by atoms with Crippen molar-refractivity contribution in [3.05, 3.63) is 36.7 Å². The average Bonchev–Trinajstić information content (AvgIpc) is 2.99. The van der Waals surface area contributed by atoms with Crippen molar-refractivity contribution >= 4 is 17.6 Å². The second kappa shape index (κ2) is 4.50. The van der Waals surface area contributed by atoms with E-state index >= 15 is 0 Å². The number of hydrogen-bond donors (Lipinski definition) is 2. The number of carboxylic acid groups (broad SMARTS) is 1. The number of anilines is 1. The predicted octanol–water partition coefficient (Wildman–Crippen LogP) is 1.54. The van der Waals surface area contributed by atoms with Gasteiger partial charge in [0.05, 0.1) is 23.7 Å². The van der Waals surface area contributed by atoms with E-state index in [2.05, 4.69) is 10.3 Å². The molecular weight excluding hydrogens is 244 g/mol. The Hall–Kier alpha value is -2.17. The summed E-state index contributed by atoms with van der Waals surface area (Å²) in [5.41, 5.74) is 0.600. The molecule has 0 spiro atoms. The molecule has 0 unspecified atom stereocenters. The van der Waals surface area contributed by atoms with Gasteiger partial charge in [0.1, 0.15) is 0 Å². The smallest absolute Gasteiger partial charge is 0.307 e. The van der Waals surface area contributed by atoms with E-state index in [1.165, 1.54) is 0 Å². The molecule has 2 aliphatic rings. The Bertz CT molecular complexity index is 541. The Kier molecular flexibility index (Phi) is 2.81. The highest BCUT2D eigenvalue weighted by atomic mass is 16.4. The van der Waals surface area contributed by atoms with Crippen LogP contribution >= 0.6 is 0 Å². The van der Waals surface area contributed by atoms with Gasteiger partial charge in [-0.05, 0) is 30.4 Å². The maximum Gasteiger partial charge on any atom is 0.307 e. The van der Waals surface area contributed by atoms with E-state index in [-0.39, 0.29) is 17.7 Å². The maximum absolute atomic E-state index is 12.3. The minimum atomic E-state index is -0.886. The van der Waals surface area contributed by atoms with E-state index in [9.17, 15) is 14.7 Å². The third kappa shape index (κ3) is 2.01. The molecule has 3 rings (SSSR count). The van der Waals surface area contributed by atoms with Gasteiger partial charge in [-0.15, -0.1) is 0 Å². The predicted molar refractivity (Wildman–Crippen MR) is 68.2 cm³/mol. The van der Waals surface area contributed by atoms with Crippen molar-refractivity contribution in [2.75, 3.05) is 5.32 Å². The highest BCUT2D eigenvalue weighted by molar-refractivity contribution is 5.96. The zero-order valence-electron chi connectivity index (χ0n) is 10.2. The molecule has 5 heteroatoms. The number of pyridine rings is 1. The van der Waals surface area contributed by atoms with Gasteiger partial charge in [0.25, 0.3) is 0 Å². The summed E-state index contributed by atoms with van der Waals surface area (Å²) in [6.07, 6.45) is 7.84. The van der Waals surface area contributed by atoms with Gasteiger partial charge in [0.15, 0.2) is 0 Å². The molecule has 1 aromatic rings. The molecule has 2 bridgehead atoms. The molecule has 1 amide bonds. The number of amides is 1. The first-order chi connectivity index (χ1) is 9.16. The molecule has 0 radical (unpaired) electrons. The fourth-order valence-corrected chi connectivity index (χ4v) is 3.18. The molecule has 19 heavy (non-hydrogen) atoms. The van der Waals surface area contributed by atoms with Crippen molar-refractivity contribution in [2.45, 2.75) is 6.42 Å². The summed E-state index contributed by atoms with van der Waals surface area (Å²) in [5, 5.41) is 12.0. The number of nitrogens with one attached hydrogen (secondary N) is 1. The van der Waals surface area contributed by atoms with Crippen molar-refractivity contribution in [1.82, 2.24) is 4.98 Å². The van der Waals surface area contributed by atoms with Gasteiger partial charge in [0, 0.05) is 6.20 Å². The average molecular weight is 258 g/mol. The number of nitrogens with zero attached hydrogens (tertiary/aromatic N) is 1. The fourth-order valence-electron chi connectivity index (χ4n) is 3.18. The zero-order valence-corrected chi connectivity index (χ0v) is 10.2. The van der Waals surface area contributed by atoms with Crippen LogP contribution in [-0.2, 0) is 9.59 Å². The molecule has 0 saturated heterocycles. The number of carbonyl (C=O) groups excluding carboxylic acids is 1. The lowest BCUT2D eigenvalue weighted by Gasteiger charge is -2.23. The zero-order chi connectivity index (χ0) is 13.4. The maximum atomic E-state index is 12.3. The van der Waals surface area contributed by atoms with Gasteiger partial charge >= 0.3 is 5.97 Å². The SMILES string of the molecule is O=C(O)[C@@H]1[C@H](C(=O)Nc2cccnc2)[C@H]2C=C[C@@H]1C2. The Labute approximate surface area is 110 Å². The molecular formula is C14H14N2O3. The first-order valence-corrected chi connectivity index (χ1v) is 6.29. The first-order valence-electron chi connectivity index (χ1n) is 6.29. The van der Waals surface area contributed by atoms with Gasteiger partial charge in [-0.2, -0.15) is 0 Å². The van der Waals surface area contributed by atoms with Crippen molar-refractivity contribution < 1.29 is 14.7 Å². The van der Waals surface area contributed by atoms with Crippen molar-refractivity contribution in [3.63, 3.8) is 0 Å². The molecule has 1 aromatic heterocycles. The number of carboxylic acids is 1. The van der Waals surface area contributed by atoms with Crippen LogP contribution in [0.3, 0.4) is 0 Å². The highest BCUT2D eigenvalue weighted by Crippen LogP contribution is 2.48. The first kappa shape index (κ1) is 11.9. The molecule has 0 aliphatic heterocycles. The van der Waals surface area contributed by atoms with Gasteiger partial charge < -0.3 is 10.4 Å². The number of rotatable bonds is 3. The summed E-state index contributed by atoms with van der Waals surface area (Å²) in [6.45, 7) is 0. The van der Waals surface area contributed by atoms with E-state index in [0.29, 0.717) is 5.69 Å². The summed E-state index contributed by atoms with van der Waals surface area (Å²) in [5.74, 6) is -2.16. The lowest BCUT2D eigenvalue weighted by Crippen LogP contribution is -2.36. The van der Waals surface area contributed by atoms with Crippen molar-refractivity contribution in [3.8, 4) is 0 Å². The third-order valence-electron chi connectivity index (χ3n) is 3.98. The van der Waals surface area contributed by atoms with E-state index in [4.69, 9.17) is 0 Å². The number of aliphatic carboxylic acids is 1.